The third kappa shape index (κ3) is 4.28. The van der Waals surface area contributed by atoms with E-state index in [4.69, 9.17) is 4.74 Å². The third-order valence-corrected chi connectivity index (χ3v) is 3.71. The van der Waals surface area contributed by atoms with E-state index < -0.39 is 10.8 Å². The molecule has 7 nitrogen and oxygen atoms in total. The lowest BCUT2D eigenvalue weighted by Crippen LogP contribution is -2.39. The monoisotopic (exact) mass is 320 g/mol. The zero-order valence-corrected chi connectivity index (χ0v) is 13.2. The van der Waals surface area contributed by atoms with Crippen LogP contribution in [0.25, 0.3) is 0 Å². The fraction of sp³-hybridized carbons (Fsp3) is 0.500. The molecule has 1 aliphatic rings. The van der Waals surface area contributed by atoms with Gasteiger partial charge < -0.3 is 9.64 Å². The summed E-state index contributed by atoms with van der Waals surface area (Å²) < 4.78 is 4.97. The first-order chi connectivity index (χ1) is 10.9. The molecule has 1 aliphatic carbocycles. The Kier molecular flexibility index (Phi) is 5.31. The number of nitrogens with zero attached hydrogens (tertiary/aromatic N) is 2. The number of carbonyl (C=O) groups excluding carboxylic acids is 2. The highest BCUT2D eigenvalue weighted by Crippen LogP contribution is 2.29. The largest absolute Gasteiger partial charge is 0.466 e. The van der Waals surface area contributed by atoms with Gasteiger partial charge in [0.2, 0.25) is 0 Å². The van der Waals surface area contributed by atoms with Crippen molar-refractivity contribution in [1.29, 1.82) is 0 Å². The van der Waals surface area contributed by atoms with Gasteiger partial charge in [-0.1, -0.05) is 13.0 Å². The Bertz CT molecular complexity index is 612. The number of hydrogen-bond donors (Lipinski definition) is 0. The van der Waals surface area contributed by atoms with Crippen molar-refractivity contribution in [2.45, 2.75) is 32.7 Å². The average Bonchev–Trinajstić information content (AvgIpc) is 3.36. The summed E-state index contributed by atoms with van der Waals surface area (Å²) in [4.78, 5) is 36.4. The number of carbonyl (C=O) groups is 2. The van der Waals surface area contributed by atoms with Crippen LogP contribution >= 0.6 is 0 Å². The van der Waals surface area contributed by atoms with Crippen LogP contribution in [0.2, 0.25) is 0 Å². The molecule has 2 rings (SSSR count). The first-order valence-corrected chi connectivity index (χ1v) is 7.66. The van der Waals surface area contributed by atoms with Crippen LogP contribution in [0.4, 0.5) is 5.69 Å². The van der Waals surface area contributed by atoms with Gasteiger partial charge in [0.05, 0.1) is 17.4 Å². The van der Waals surface area contributed by atoms with Gasteiger partial charge in [-0.2, -0.15) is 0 Å². The minimum Gasteiger partial charge on any atom is -0.466 e. The molecule has 1 unspecified atom stereocenters. The Labute approximate surface area is 134 Å². The second-order valence-electron chi connectivity index (χ2n) is 5.65. The standard InChI is InChI=1S/C16H20N2O5/c1-3-23-16(20)11(2)10-17(13-7-8-13)15(19)12-5-4-6-14(9-12)18(21)22/h4-6,9,11,13H,3,7-8,10H2,1-2H3. The first-order valence-electron chi connectivity index (χ1n) is 7.66. The molecule has 1 saturated carbocycles. The highest BCUT2D eigenvalue weighted by Gasteiger charge is 2.35. The average molecular weight is 320 g/mol. The lowest BCUT2D eigenvalue weighted by atomic mass is 10.1. The summed E-state index contributed by atoms with van der Waals surface area (Å²) in [5.74, 6) is -1.06. The van der Waals surface area contributed by atoms with E-state index >= 15 is 0 Å². The summed E-state index contributed by atoms with van der Waals surface area (Å²) in [5, 5.41) is 10.9. The Morgan fingerprint density at radius 3 is 2.70 bits per heavy atom. The maximum Gasteiger partial charge on any atom is 0.310 e. The molecule has 0 aliphatic heterocycles. The van der Waals surface area contributed by atoms with Crippen LogP contribution in [0.1, 0.15) is 37.0 Å². The number of hydrogen-bond acceptors (Lipinski definition) is 5. The van der Waals surface area contributed by atoms with E-state index in [0.29, 0.717) is 6.61 Å². The minimum absolute atomic E-state index is 0.0960. The minimum atomic E-state index is -0.528. The molecule has 0 heterocycles. The molecule has 1 aromatic carbocycles. The second kappa shape index (κ2) is 7.21. The molecule has 0 saturated heterocycles. The van der Waals surface area contributed by atoms with Crippen molar-refractivity contribution in [1.82, 2.24) is 4.90 Å². The van der Waals surface area contributed by atoms with E-state index in [-0.39, 0.29) is 35.7 Å². The van der Waals surface area contributed by atoms with E-state index in [0.717, 1.165) is 12.8 Å². The van der Waals surface area contributed by atoms with Gasteiger partial charge in [0.15, 0.2) is 0 Å². The quantitative estimate of drug-likeness (QED) is 0.437. The van der Waals surface area contributed by atoms with Crippen molar-refractivity contribution in [3.63, 3.8) is 0 Å². The third-order valence-electron chi connectivity index (χ3n) is 3.71. The van der Waals surface area contributed by atoms with Gasteiger partial charge in [0, 0.05) is 30.3 Å². The number of non-ortho nitro benzene ring substituents is 1. The first kappa shape index (κ1) is 16.9. The summed E-state index contributed by atoms with van der Waals surface area (Å²) in [6.07, 6.45) is 1.77. The molecule has 1 fully saturated rings. The van der Waals surface area contributed by atoms with Crippen LogP contribution < -0.4 is 0 Å². The molecule has 23 heavy (non-hydrogen) atoms. The van der Waals surface area contributed by atoms with Gasteiger partial charge in [0.25, 0.3) is 11.6 Å². The highest BCUT2D eigenvalue weighted by molar-refractivity contribution is 5.95. The molecule has 0 bridgehead atoms. The predicted molar refractivity (Wildman–Crippen MR) is 83.0 cm³/mol. The summed E-state index contributed by atoms with van der Waals surface area (Å²) in [7, 11) is 0. The van der Waals surface area contributed by atoms with Crippen LogP contribution in [0.3, 0.4) is 0 Å². The number of ether oxygens (including phenoxy) is 1. The lowest BCUT2D eigenvalue weighted by molar-refractivity contribution is -0.384. The molecule has 124 valence electrons. The Morgan fingerprint density at radius 2 is 2.13 bits per heavy atom. The summed E-state index contributed by atoms with van der Waals surface area (Å²) >= 11 is 0. The fourth-order valence-corrected chi connectivity index (χ4v) is 2.36. The van der Waals surface area contributed by atoms with E-state index in [9.17, 15) is 19.7 Å². The SMILES string of the molecule is CCOC(=O)C(C)CN(C(=O)c1cccc([N+](=O)[O-])c1)C1CC1. The number of rotatable bonds is 7. The van der Waals surface area contributed by atoms with Crippen LogP contribution in [-0.2, 0) is 9.53 Å². The Hall–Kier alpha value is -2.44. The van der Waals surface area contributed by atoms with Gasteiger partial charge in [-0.3, -0.25) is 19.7 Å². The lowest BCUT2D eigenvalue weighted by Gasteiger charge is -2.25. The topological polar surface area (TPSA) is 89.8 Å². The van der Waals surface area contributed by atoms with Crippen LogP contribution in [-0.4, -0.2) is 40.9 Å². The Balaban J connectivity index is 2.14. The molecule has 1 aromatic rings. The van der Waals surface area contributed by atoms with Crippen molar-refractivity contribution >= 4 is 17.6 Å². The van der Waals surface area contributed by atoms with E-state index in [1.54, 1.807) is 24.8 Å². The second-order valence-corrected chi connectivity index (χ2v) is 5.65. The number of benzene rings is 1. The number of nitro groups is 1. The number of esters is 1. The van der Waals surface area contributed by atoms with Crippen molar-refractivity contribution < 1.29 is 19.2 Å². The van der Waals surface area contributed by atoms with Crippen LogP contribution in [0.15, 0.2) is 24.3 Å². The summed E-state index contributed by atoms with van der Waals surface area (Å²) in [6, 6.07) is 5.76. The van der Waals surface area contributed by atoms with E-state index in [1.807, 2.05) is 0 Å². The van der Waals surface area contributed by atoms with Gasteiger partial charge >= 0.3 is 5.97 Å². The Morgan fingerprint density at radius 1 is 1.43 bits per heavy atom. The zero-order chi connectivity index (χ0) is 17.0. The zero-order valence-electron chi connectivity index (χ0n) is 13.2. The molecule has 0 N–H and O–H groups in total. The maximum absolute atomic E-state index is 12.7. The van der Waals surface area contributed by atoms with Crippen LogP contribution in [0.5, 0.6) is 0 Å². The highest BCUT2D eigenvalue weighted by atomic mass is 16.6. The normalized spacial score (nSPS) is 14.9. The summed E-state index contributed by atoms with van der Waals surface area (Å²) in [5.41, 5.74) is 0.146. The van der Waals surface area contributed by atoms with E-state index in [2.05, 4.69) is 0 Å². The van der Waals surface area contributed by atoms with E-state index in [1.165, 1.54) is 18.2 Å². The molecule has 1 amide bonds. The van der Waals surface area contributed by atoms with Crippen molar-refractivity contribution in [3.8, 4) is 0 Å². The molecule has 7 heteroatoms. The fourth-order valence-electron chi connectivity index (χ4n) is 2.36. The predicted octanol–water partition coefficient (Wildman–Crippen LogP) is 2.40. The molecule has 0 spiro atoms. The van der Waals surface area contributed by atoms with Gasteiger partial charge in [-0.15, -0.1) is 0 Å². The molecule has 0 radical (unpaired) electrons. The summed E-state index contributed by atoms with van der Waals surface area (Å²) in [6.45, 7) is 4.00. The molecular formula is C16H20N2O5. The van der Waals surface area contributed by atoms with Gasteiger partial charge in [0.1, 0.15) is 0 Å². The molecular weight excluding hydrogens is 300 g/mol. The number of amides is 1. The number of nitro benzene ring substituents is 1. The van der Waals surface area contributed by atoms with Crippen molar-refractivity contribution in [2.75, 3.05) is 13.2 Å². The van der Waals surface area contributed by atoms with Crippen molar-refractivity contribution in [2.24, 2.45) is 5.92 Å². The molecule has 0 aromatic heterocycles. The van der Waals surface area contributed by atoms with Gasteiger partial charge in [-0.25, -0.2) is 0 Å². The smallest absolute Gasteiger partial charge is 0.310 e. The van der Waals surface area contributed by atoms with Crippen molar-refractivity contribution in [3.05, 3.63) is 39.9 Å². The maximum atomic E-state index is 12.7. The van der Waals surface area contributed by atoms with Crippen LogP contribution in [0, 0.1) is 16.0 Å². The molecule has 1 atom stereocenters. The van der Waals surface area contributed by atoms with Gasteiger partial charge in [-0.05, 0) is 25.8 Å².